The van der Waals surface area contributed by atoms with Crippen LogP contribution in [0.5, 0.6) is 5.75 Å². The van der Waals surface area contributed by atoms with Crippen molar-refractivity contribution in [1.29, 1.82) is 0 Å². The van der Waals surface area contributed by atoms with Crippen LogP contribution in [0.2, 0.25) is 10.0 Å². The second-order valence-corrected chi connectivity index (χ2v) is 6.25. The predicted molar refractivity (Wildman–Crippen MR) is 84.7 cm³/mol. The molecule has 1 aliphatic heterocycles. The highest BCUT2D eigenvalue weighted by molar-refractivity contribution is 6.35. The number of phenolic OH excluding ortho intramolecular Hbond substituents is 1. The van der Waals surface area contributed by atoms with Gasteiger partial charge < -0.3 is 10.4 Å². The Kier molecular flexibility index (Phi) is 5.97. The SMILES string of the molecule is CNCCC1CCCCN1Cc1cc(Cl)cc(Cl)c1O. The van der Waals surface area contributed by atoms with Gasteiger partial charge in [0.2, 0.25) is 0 Å². The molecule has 0 radical (unpaired) electrons. The van der Waals surface area contributed by atoms with Crippen LogP contribution in [0.1, 0.15) is 31.2 Å². The van der Waals surface area contributed by atoms with E-state index in [9.17, 15) is 5.11 Å². The Morgan fingerprint density at radius 1 is 1.35 bits per heavy atom. The van der Waals surface area contributed by atoms with Gasteiger partial charge in [-0.1, -0.05) is 29.6 Å². The molecule has 1 heterocycles. The van der Waals surface area contributed by atoms with Crippen LogP contribution in [0.3, 0.4) is 0 Å². The van der Waals surface area contributed by atoms with Crippen LogP contribution in [0.25, 0.3) is 0 Å². The van der Waals surface area contributed by atoms with Gasteiger partial charge in [-0.3, -0.25) is 4.90 Å². The Morgan fingerprint density at radius 2 is 2.15 bits per heavy atom. The molecule has 0 aromatic heterocycles. The fourth-order valence-corrected chi connectivity index (χ4v) is 3.40. The van der Waals surface area contributed by atoms with Crippen molar-refractivity contribution >= 4 is 23.2 Å². The molecule has 5 heteroatoms. The maximum atomic E-state index is 10.1. The van der Waals surface area contributed by atoms with Gasteiger partial charge in [-0.2, -0.15) is 0 Å². The molecule has 1 aliphatic rings. The number of rotatable bonds is 5. The van der Waals surface area contributed by atoms with E-state index in [4.69, 9.17) is 23.2 Å². The van der Waals surface area contributed by atoms with Gasteiger partial charge >= 0.3 is 0 Å². The monoisotopic (exact) mass is 316 g/mol. The van der Waals surface area contributed by atoms with Crippen molar-refractivity contribution in [2.75, 3.05) is 20.1 Å². The van der Waals surface area contributed by atoms with Crippen molar-refractivity contribution in [3.63, 3.8) is 0 Å². The molecule has 1 saturated heterocycles. The third-order valence-corrected chi connectivity index (χ3v) is 4.46. The summed E-state index contributed by atoms with van der Waals surface area (Å²) in [4.78, 5) is 2.43. The maximum absolute atomic E-state index is 10.1. The van der Waals surface area contributed by atoms with E-state index in [1.807, 2.05) is 13.1 Å². The molecular formula is C15H22Cl2N2O. The van der Waals surface area contributed by atoms with E-state index in [0.29, 0.717) is 22.6 Å². The molecule has 20 heavy (non-hydrogen) atoms. The quantitative estimate of drug-likeness (QED) is 0.870. The second-order valence-electron chi connectivity index (χ2n) is 5.41. The normalized spacial score (nSPS) is 20.2. The van der Waals surface area contributed by atoms with Crippen molar-refractivity contribution in [3.05, 3.63) is 27.7 Å². The number of hydrogen-bond donors (Lipinski definition) is 2. The number of likely N-dealkylation sites (tertiary alicyclic amines) is 1. The Hall–Kier alpha value is -0.480. The molecule has 112 valence electrons. The number of phenols is 1. The molecule has 1 atom stereocenters. The van der Waals surface area contributed by atoms with Gasteiger partial charge in [0.05, 0.1) is 5.02 Å². The van der Waals surface area contributed by atoms with Gasteiger partial charge in [0.15, 0.2) is 0 Å². The van der Waals surface area contributed by atoms with Crippen molar-refractivity contribution in [2.45, 2.75) is 38.3 Å². The lowest BCUT2D eigenvalue weighted by atomic mass is 9.98. The minimum atomic E-state index is 0.161. The minimum Gasteiger partial charge on any atom is -0.506 e. The zero-order valence-electron chi connectivity index (χ0n) is 11.8. The van der Waals surface area contributed by atoms with E-state index in [2.05, 4.69) is 10.2 Å². The lowest BCUT2D eigenvalue weighted by Gasteiger charge is -2.36. The fourth-order valence-electron chi connectivity index (χ4n) is 2.86. The highest BCUT2D eigenvalue weighted by atomic mass is 35.5. The maximum Gasteiger partial charge on any atom is 0.138 e. The summed E-state index contributed by atoms with van der Waals surface area (Å²) in [6.07, 6.45) is 4.85. The number of aromatic hydroxyl groups is 1. The number of piperidine rings is 1. The number of hydrogen-bond acceptors (Lipinski definition) is 3. The van der Waals surface area contributed by atoms with Gasteiger partial charge in [0, 0.05) is 23.2 Å². The molecule has 2 N–H and O–H groups in total. The summed E-state index contributed by atoms with van der Waals surface area (Å²) in [5, 5.41) is 14.2. The van der Waals surface area contributed by atoms with Crippen LogP contribution < -0.4 is 5.32 Å². The number of nitrogens with one attached hydrogen (secondary N) is 1. The number of benzene rings is 1. The predicted octanol–water partition coefficient (Wildman–Crippen LogP) is 3.66. The summed E-state index contributed by atoms with van der Waals surface area (Å²) in [7, 11) is 1.98. The Morgan fingerprint density at radius 3 is 2.90 bits per heavy atom. The summed E-state index contributed by atoms with van der Waals surface area (Å²) in [5.41, 5.74) is 0.818. The lowest BCUT2D eigenvalue weighted by molar-refractivity contribution is 0.131. The summed E-state index contributed by atoms with van der Waals surface area (Å²) < 4.78 is 0. The van der Waals surface area contributed by atoms with Crippen LogP contribution in [0.15, 0.2) is 12.1 Å². The average Bonchev–Trinajstić information content (AvgIpc) is 2.43. The zero-order valence-corrected chi connectivity index (χ0v) is 13.3. The average molecular weight is 317 g/mol. The van der Waals surface area contributed by atoms with Gasteiger partial charge in [-0.15, -0.1) is 0 Å². The van der Waals surface area contributed by atoms with E-state index in [-0.39, 0.29) is 5.75 Å². The molecule has 1 fully saturated rings. The summed E-state index contributed by atoms with van der Waals surface area (Å²) >= 11 is 12.0. The number of nitrogens with zero attached hydrogens (tertiary/aromatic N) is 1. The van der Waals surface area contributed by atoms with Crippen molar-refractivity contribution < 1.29 is 5.11 Å². The molecule has 0 aliphatic carbocycles. The van der Waals surface area contributed by atoms with Crippen LogP contribution in [-0.2, 0) is 6.54 Å². The van der Waals surface area contributed by atoms with E-state index in [1.165, 1.54) is 19.3 Å². The van der Waals surface area contributed by atoms with Crippen LogP contribution >= 0.6 is 23.2 Å². The minimum absolute atomic E-state index is 0.161. The molecule has 1 unspecified atom stereocenters. The first-order chi connectivity index (χ1) is 9.61. The first-order valence-corrected chi connectivity index (χ1v) is 7.93. The summed E-state index contributed by atoms with van der Waals surface area (Å²) in [6.45, 7) is 2.79. The third-order valence-electron chi connectivity index (χ3n) is 3.96. The highest BCUT2D eigenvalue weighted by Gasteiger charge is 2.23. The molecule has 3 nitrogen and oxygen atoms in total. The molecule has 1 aromatic carbocycles. The second kappa shape index (κ2) is 7.51. The lowest BCUT2D eigenvalue weighted by Crippen LogP contribution is -2.40. The van der Waals surface area contributed by atoms with E-state index in [0.717, 1.165) is 25.1 Å². The molecular weight excluding hydrogens is 295 g/mol. The van der Waals surface area contributed by atoms with E-state index < -0.39 is 0 Å². The highest BCUT2D eigenvalue weighted by Crippen LogP contribution is 2.33. The largest absolute Gasteiger partial charge is 0.506 e. The molecule has 0 bridgehead atoms. The van der Waals surface area contributed by atoms with Crippen LogP contribution in [-0.4, -0.2) is 36.2 Å². The van der Waals surface area contributed by atoms with Crippen LogP contribution in [0.4, 0.5) is 0 Å². The first-order valence-electron chi connectivity index (χ1n) is 7.17. The Bertz CT molecular complexity index is 454. The zero-order chi connectivity index (χ0) is 14.5. The summed E-state index contributed by atoms with van der Waals surface area (Å²) in [5.74, 6) is 0.161. The molecule has 0 saturated carbocycles. The Balaban J connectivity index is 2.10. The third kappa shape index (κ3) is 4.01. The van der Waals surface area contributed by atoms with Gasteiger partial charge in [0.25, 0.3) is 0 Å². The van der Waals surface area contributed by atoms with Crippen molar-refractivity contribution in [1.82, 2.24) is 10.2 Å². The van der Waals surface area contributed by atoms with Crippen LogP contribution in [0, 0.1) is 0 Å². The molecule has 0 amide bonds. The van der Waals surface area contributed by atoms with Gasteiger partial charge in [-0.05, 0) is 51.5 Å². The van der Waals surface area contributed by atoms with Gasteiger partial charge in [0.1, 0.15) is 5.75 Å². The number of halogens is 2. The smallest absolute Gasteiger partial charge is 0.138 e. The topological polar surface area (TPSA) is 35.5 Å². The fraction of sp³-hybridized carbons (Fsp3) is 0.600. The molecule has 2 rings (SSSR count). The Labute approximate surface area is 130 Å². The molecule has 0 spiro atoms. The molecule has 1 aromatic rings. The van der Waals surface area contributed by atoms with E-state index >= 15 is 0 Å². The summed E-state index contributed by atoms with van der Waals surface area (Å²) in [6, 6.07) is 3.96. The van der Waals surface area contributed by atoms with Crippen molar-refractivity contribution in [2.24, 2.45) is 0 Å². The standard InChI is InChI=1S/C15H22Cl2N2O/c1-18-6-5-13-4-2-3-7-19(13)10-11-8-12(16)9-14(17)15(11)20/h8-9,13,18,20H,2-7,10H2,1H3. The van der Waals surface area contributed by atoms with E-state index in [1.54, 1.807) is 6.07 Å². The van der Waals surface area contributed by atoms with Crippen molar-refractivity contribution in [3.8, 4) is 5.75 Å². The van der Waals surface area contributed by atoms with Gasteiger partial charge in [-0.25, -0.2) is 0 Å². The first kappa shape index (κ1) is 15.9.